The van der Waals surface area contributed by atoms with Crippen LogP contribution in [0.2, 0.25) is 0 Å². The molecule has 0 aromatic rings. The largest absolute Gasteiger partial charge is 0.341 e. The number of carbonyl (C=O) groups excluding carboxylic acids is 2. The Hall–Kier alpha value is -0.710. The third kappa shape index (κ3) is 4.11. The molecule has 0 aromatic heterocycles. The van der Waals surface area contributed by atoms with Crippen LogP contribution in [0.1, 0.15) is 32.6 Å². The quantitative estimate of drug-likeness (QED) is 0.772. The summed E-state index contributed by atoms with van der Waals surface area (Å²) in [4.78, 5) is 22.4. The van der Waals surface area contributed by atoms with Crippen molar-refractivity contribution in [2.45, 2.75) is 43.1 Å². The smallest absolute Gasteiger partial charge is 0.321 e. The minimum atomic E-state index is -0.432. The molecule has 86 valence electrons. The van der Waals surface area contributed by atoms with E-state index in [4.69, 9.17) is 0 Å². The maximum absolute atomic E-state index is 11.5. The second kappa shape index (κ2) is 6.00. The molecular formula is C10H18N2O2S. The van der Waals surface area contributed by atoms with Crippen molar-refractivity contribution in [3.63, 3.8) is 0 Å². The highest BCUT2D eigenvalue weighted by atomic mass is 32.2. The molecule has 0 saturated heterocycles. The van der Waals surface area contributed by atoms with Gasteiger partial charge in [0.15, 0.2) is 0 Å². The zero-order chi connectivity index (χ0) is 11.3. The molecule has 1 saturated carbocycles. The van der Waals surface area contributed by atoms with Crippen LogP contribution in [0.15, 0.2) is 0 Å². The van der Waals surface area contributed by atoms with Gasteiger partial charge in [0.1, 0.15) is 0 Å². The zero-order valence-corrected chi connectivity index (χ0v) is 10.0. The molecule has 0 aliphatic heterocycles. The van der Waals surface area contributed by atoms with Gasteiger partial charge in [0.2, 0.25) is 5.91 Å². The van der Waals surface area contributed by atoms with E-state index in [0.29, 0.717) is 5.25 Å². The Kier molecular flexibility index (Phi) is 4.94. The summed E-state index contributed by atoms with van der Waals surface area (Å²) in [5.41, 5.74) is 0. The lowest BCUT2D eigenvalue weighted by Crippen LogP contribution is -2.41. The zero-order valence-electron chi connectivity index (χ0n) is 9.21. The van der Waals surface area contributed by atoms with Crippen LogP contribution in [-0.4, -0.2) is 29.5 Å². The lowest BCUT2D eigenvalue weighted by Gasteiger charge is -2.15. The number of urea groups is 1. The number of hydrogen-bond acceptors (Lipinski definition) is 3. The molecule has 1 fully saturated rings. The van der Waals surface area contributed by atoms with E-state index in [1.165, 1.54) is 32.7 Å². The molecule has 0 aromatic carbocycles. The fourth-order valence-corrected chi connectivity index (χ4v) is 3.02. The summed E-state index contributed by atoms with van der Waals surface area (Å²) in [5.74, 6) is -0.203. The van der Waals surface area contributed by atoms with Crippen molar-refractivity contribution in [3.8, 4) is 0 Å². The van der Waals surface area contributed by atoms with Crippen molar-refractivity contribution in [2.24, 2.45) is 0 Å². The number of nitrogens with one attached hydrogen (secondary N) is 2. The average Bonchev–Trinajstić information content (AvgIpc) is 2.70. The van der Waals surface area contributed by atoms with Crippen LogP contribution in [0.4, 0.5) is 4.79 Å². The molecule has 1 atom stereocenters. The third-order valence-electron chi connectivity index (χ3n) is 2.53. The van der Waals surface area contributed by atoms with E-state index in [1.807, 2.05) is 6.92 Å². The summed E-state index contributed by atoms with van der Waals surface area (Å²) in [5, 5.41) is 5.10. The molecule has 0 spiro atoms. The van der Waals surface area contributed by atoms with Crippen molar-refractivity contribution in [2.75, 3.05) is 7.05 Å². The predicted octanol–water partition coefficient (Wildman–Crippen LogP) is 1.51. The monoisotopic (exact) mass is 230 g/mol. The van der Waals surface area contributed by atoms with Crippen LogP contribution in [0.25, 0.3) is 0 Å². The molecule has 3 amide bonds. The average molecular weight is 230 g/mol. The fourth-order valence-electron chi connectivity index (χ4n) is 1.65. The molecule has 0 heterocycles. The molecule has 1 rings (SSSR count). The highest BCUT2D eigenvalue weighted by Gasteiger charge is 2.22. The van der Waals surface area contributed by atoms with Gasteiger partial charge in [-0.3, -0.25) is 10.1 Å². The predicted molar refractivity (Wildman–Crippen MR) is 61.9 cm³/mol. The maximum Gasteiger partial charge on any atom is 0.321 e. The first-order chi connectivity index (χ1) is 7.13. The SMILES string of the molecule is CNC(=O)NC(=O)[C@@H](C)SC1CCCC1. The molecule has 15 heavy (non-hydrogen) atoms. The van der Waals surface area contributed by atoms with Gasteiger partial charge in [-0.2, -0.15) is 0 Å². The molecule has 5 heteroatoms. The van der Waals surface area contributed by atoms with Gasteiger partial charge in [-0.05, 0) is 19.8 Å². The topological polar surface area (TPSA) is 58.2 Å². The van der Waals surface area contributed by atoms with E-state index < -0.39 is 6.03 Å². The summed E-state index contributed by atoms with van der Waals surface area (Å²) in [7, 11) is 1.50. The number of carbonyl (C=O) groups is 2. The number of hydrogen-bond donors (Lipinski definition) is 2. The summed E-state index contributed by atoms with van der Waals surface area (Å²) in [6.07, 6.45) is 4.92. The summed E-state index contributed by atoms with van der Waals surface area (Å²) in [6, 6.07) is -0.432. The summed E-state index contributed by atoms with van der Waals surface area (Å²) >= 11 is 1.68. The van der Waals surface area contributed by atoms with E-state index in [-0.39, 0.29) is 11.2 Å². The van der Waals surface area contributed by atoms with E-state index in [1.54, 1.807) is 11.8 Å². The Balaban J connectivity index is 2.28. The Morgan fingerprint density at radius 1 is 1.33 bits per heavy atom. The fraction of sp³-hybridized carbons (Fsp3) is 0.800. The molecule has 1 aliphatic rings. The normalized spacial score (nSPS) is 18.5. The Morgan fingerprint density at radius 3 is 2.47 bits per heavy atom. The number of rotatable bonds is 3. The van der Waals surface area contributed by atoms with Crippen molar-refractivity contribution in [1.29, 1.82) is 0 Å². The van der Waals surface area contributed by atoms with E-state index >= 15 is 0 Å². The van der Waals surface area contributed by atoms with Crippen LogP contribution < -0.4 is 10.6 Å². The van der Waals surface area contributed by atoms with E-state index in [9.17, 15) is 9.59 Å². The van der Waals surface area contributed by atoms with Crippen LogP contribution >= 0.6 is 11.8 Å². The van der Waals surface area contributed by atoms with Crippen LogP contribution in [-0.2, 0) is 4.79 Å². The van der Waals surface area contributed by atoms with Crippen LogP contribution in [0.5, 0.6) is 0 Å². The molecular weight excluding hydrogens is 212 g/mol. The molecule has 2 N–H and O–H groups in total. The Bertz CT molecular complexity index is 240. The van der Waals surface area contributed by atoms with E-state index in [2.05, 4.69) is 10.6 Å². The van der Waals surface area contributed by atoms with Gasteiger partial charge in [0.05, 0.1) is 5.25 Å². The minimum absolute atomic E-state index is 0.148. The van der Waals surface area contributed by atoms with Crippen molar-refractivity contribution >= 4 is 23.7 Å². The molecule has 0 unspecified atom stereocenters. The molecule has 4 nitrogen and oxygen atoms in total. The van der Waals surface area contributed by atoms with Crippen LogP contribution in [0.3, 0.4) is 0 Å². The molecule has 0 radical (unpaired) electrons. The second-order valence-corrected chi connectivity index (χ2v) is 5.40. The van der Waals surface area contributed by atoms with Gasteiger partial charge in [0, 0.05) is 12.3 Å². The number of amides is 3. The van der Waals surface area contributed by atoms with Crippen molar-refractivity contribution in [3.05, 3.63) is 0 Å². The highest BCUT2D eigenvalue weighted by Crippen LogP contribution is 2.32. The Morgan fingerprint density at radius 2 is 1.93 bits per heavy atom. The van der Waals surface area contributed by atoms with Gasteiger partial charge >= 0.3 is 6.03 Å². The summed E-state index contributed by atoms with van der Waals surface area (Å²) in [6.45, 7) is 1.85. The maximum atomic E-state index is 11.5. The van der Waals surface area contributed by atoms with Crippen LogP contribution in [0, 0.1) is 0 Å². The Labute approximate surface area is 94.6 Å². The lowest BCUT2D eigenvalue weighted by molar-refractivity contribution is -0.119. The summed E-state index contributed by atoms with van der Waals surface area (Å²) < 4.78 is 0. The van der Waals surface area contributed by atoms with Gasteiger partial charge in [-0.15, -0.1) is 11.8 Å². The first-order valence-electron chi connectivity index (χ1n) is 5.31. The van der Waals surface area contributed by atoms with Gasteiger partial charge < -0.3 is 5.32 Å². The molecule has 1 aliphatic carbocycles. The van der Waals surface area contributed by atoms with Crippen molar-refractivity contribution in [1.82, 2.24) is 10.6 Å². The highest BCUT2D eigenvalue weighted by molar-refractivity contribution is 8.01. The third-order valence-corrected chi connectivity index (χ3v) is 4.01. The van der Waals surface area contributed by atoms with Gasteiger partial charge in [-0.25, -0.2) is 4.79 Å². The van der Waals surface area contributed by atoms with Gasteiger partial charge in [-0.1, -0.05) is 12.8 Å². The molecule has 0 bridgehead atoms. The first kappa shape index (κ1) is 12.4. The minimum Gasteiger partial charge on any atom is -0.341 e. The number of imide groups is 1. The lowest BCUT2D eigenvalue weighted by atomic mass is 10.4. The number of thioether (sulfide) groups is 1. The van der Waals surface area contributed by atoms with Crippen molar-refractivity contribution < 1.29 is 9.59 Å². The van der Waals surface area contributed by atoms with Gasteiger partial charge in [0.25, 0.3) is 0 Å². The standard InChI is InChI=1S/C10H18N2O2S/c1-7(9(13)12-10(14)11-2)15-8-5-3-4-6-8/h7-8H,3-6H2,1-2H3,(H2,11,12,13,14)/t7-/m1/s1. The first-order valence-corrected chi connectivity index (χ1v) is 6.25. The second-order valence-electron chi connectivity index (χ2n) is 3.75. The van der Waals surface area contributed by atoms with E-state index in [0.717, 1.165) is 0 Å².